The summed E-state index contributed by atoms with van der Waals surface area (Å²) in [6, 6.07) is 5.83. The van der Waals surface area contributed by atoms with Crippen LogP contribution in [-0.2, 0) is 0 Å². The van der Waals surface area contributed by atoms with Gasteiger partial charge in [-0.2, -0.15) is 0 Å². The van der Waals surface area contributed by atoms with Gasteiger partial charge in [-0.3, -0.25) is 0 Å². The maximum absolute atomic E-state index is 9.63. The zero-order valence-corrected chi connectivity index (χ0v) is 8.40. The molecular formula is C10H13NOS. The van der Waals surface area contributed by atoms with Gasteiger partial charge in [0.2, 0.25) is 0 Å². The number of hydrogen-bond donors (Lipinski definition) is 2. The summed E-state index contributed by atoms with van der Waals surface area (Å²) < 4.78 is 0. The summed E-state index contributed by atoms with van der Waals surface area (Å²) in [7, 11) is 0. The van der Waals surface area contributed by atoms with Crippen molar-refractivity contribution < 1.29 is 5.11 Å². The molecule has 1 heterocycles. The molecule has 0 aliphatic carbocycles. The van der Waals surface area contributed by atoms with E-state index in [9.17, 15) is 5.11 Å². The molecule has 0 spiro atoms. The van der Waals surface area contributed by atoms with Crippen molar-refractivity contribution in [1.82, 2.24) is 5.32 Å². The summed E-state index contributed by atoms with van der Waals surface area (Å²) >= 11 is 1.71. The first-order chi connectivity index (χ1) is 6.31. The summed E-state index contributed by atoms with van der Waals surface area (Å²) in [6.45, 7) is 1.98. The Hall–Kier alpha value is -0.670. The normalized spacial score (nSPS) is 17.0. The Morgan fingerprint density at radius 1 is 1.46 bits per heavy atom. The van der Waals surface area contributed by atoms with Crippen molar-refractivity contribution >= 4 is 11.8 Å². The van der Waals surface area contributed by atoms with Gasteiger partial charge in [0.15, 0.2) is 0 Å². The van der Waals surface area contributed by atoms with Crippen molar-refractivity contribution in [3.05, 3.63) is 23.8 Å². The molecule has 13 heavy (non-hydrogen) atoms. The Bertz CT molecular complexity index is 310. The SMILES string of the molecule is CSc1ccc(O)c(C2CNC2)c1. The predicted octanol–water partition coefficient (Wildman–Crippen LogP) is 1.80. The largest absolute Gasteiger partial charge is 0.508 e. The van der Waals surface area contributed by atoms with Gasteiger partial charge in [0.25, 0.3) is 0 Å². The molecule has 1 fully saturated rings. The number of benzene rings is 1. The monoisotopic (exact) mass is 195 g/mol. The van der Waals surface area contributed by atoms with Crippen LogP contribution in [0.2, 0.25) is 0 Å². The first-order valence-corrected chi connectivity index (χ1v) is 5.61. The molecule has 2 rings (SSSR count). The van der Waals surface area contributed by atoms with Crippen LogP contribution in [0, 0.1) is 0 Å². The van der Waals surface area contributed by atoms with Crippen LogP contribution in [0.25, 0.3) is 0 Å². The molecule has 2 N–H and O–H groups in total. The zero-order valence-electron chi connectivity index (χ0n) is 7.58. The van der Waals surface area contributed by atoms with Gasteiger partial charge in [-0.05, 0) is 24.5 Å². The van der Waals surface area contributed by atoms with E-state index in [0.29, 0.717) is 11.7 Å². The topological polar surface area (TPSA) is 32.3 Å². The zero-order chi connectivity index (χ0) is 9.26. The molecule has 0 unspecified atom stereocenters. The van der Waals surface area contributed by atoms with Crippen LogP contribution in [0.1, 0.15) is 11.5 Å². The van der Waals surface area contributed by atoms with E-state index in [1.54, 1.807) is 17.8 Å². The lowest BCUT2D eigenvalue weighted by Crippen LogP contribution is -2.39. The summed E-state index contributed by atoms with van der Waals surface area (Å²) in [6.07, 6.45) is 2.05. The van der Waals surface area contributed by atoms with E-state index >= 15 is 0 Å². The number of phenolic OH excluding ortho intramolecular Hbond substituents is 1. The molecule has 1 saturated heterocycles. The van der Waals surface area contributed by atoms with Crippen molar-refractivity contribution in [2.45, 2.75) is 10.8 Å². The molecule has 1 aliphatic heterocycles. The standard InChI is InChI=1S/C10H13NOS/c1-13-8-2-3-10(12)9(4-8)7-5-11-6-7/h2-4,7,11-12H,5-6H2,1H3. The van der Waals surface area contributed by atoms with Gasteiger partial charge < -0.3 is 10.4 Å². The average molecular weight is 195 g/mol. The fraction of sp³-hybridized carbons (Fsp3) is 0.400. The molecule has 0 bridgehead atoms. The van der Waals surface area contributed by atoms with E-state index < -0.39 is 0 Å². The van der Waals surface area contributed by atoms with Gasteiger partial charge in [-0.1, -0.05) is 0 Å². The molecule has 0 aromatic heterocycles. The second-order valence-electron chi connectivity index (χ2n) is 3.28. The van der Waals surface area contributed by atoms with Crippen molar-refractivity contribution in [3.8, 4) is 5.75 Å². The highest BCUT2D eigenvalue weighted by Gasteiger charge is 2.21. The lowest BCUT2D eigenvalue weighted by atomic mass is 9.93. The number of aromatic hydroxyl groups is 1. The highest BCUT2D eigenvalue weighted by atomic mass is 32.2. The Kier molecular flexibility index (Phi) is 2.47. The average Bonchev–Trinajstić information content (AvgIpc) is 2.06. The van der Waals surface area contributed by atoms with Crippen LogP contribution < -0.4 is 5.32 Å². The maximum atomic E-state index is 9.63. The molecular weight excluding hydrogens is 182 g/mol. The highest BCUT2D eigenvalue weighted by Crippen LogP contribution is 2.31. The molecule has 0 saturated carbocycles. The van der Waals surface area contributed by atoms with Gasteiger partial charge in [0, 0.05) is 29.5 Å². The predicted molar refractivity (Wildman–Crippen MR) is 55.5 cm³/mol. The Morgan fingerprint density at radius 2 is 2.23 bits per heavy atom. The fourth-order valence-corrected chi connectivity index (χ4v) is 1.94. The van der Waals surface area contributed by atoms with E-state index in [1.807, 2.05) is 6.07 Å². The van der Waals surface area contributed by atoms with Gasteiger partial charge in [-0.25, -0.2) is 0 Å². The Balaban J connectivity index is 2.30. The molecule has 1 aliphatic rings. The van der Waals surface area contributed by atoms with E-state index in [2.05, 4.69) is 17.6 Å². The molecule has 3 heteroatoms. The van der Waals surface area contributed by atoms with Gasteiger partial charge in [0.1, 0.15) is 5.75 Å². The second kappa shape index (κ2) is 3.60. The van der Waals surface area contributed by atoms with Crippen LogP contribution in [-0.4, -0.2) is 24.5 Å². The van der Waals surface area contributed by atoms with Crippen molar-refractivity contribution in [1.29, 1.82) is 0 Å². The van der Waals surface area contributed by atoms with Gasteiger partial charge >= 0.3 is 0 Å². The summed E-state index contributed by atoms with van der Waals surface area (Å²) in [4.78, 5) is 1.22. The highest BCUT2D eigenvalue weighted by molar-refractivity contribution is 7.98. The minimum Gasteiger partial charge on any atom is -0.508 e. The summed E-state index contributed by atoms with van der Waals surface area (Å²) in [5.41, 5.74) is 1.09. The van der Waals surface area contributed by atoms with E-state index in [-0.39, 0.29) is 0 Å². The molecule has 70 valence electrons. The maximum Gasteiger partial charge on any atom is 0.119 e. The molecule has 0 radical (unpaired) electrons. The van der Waals surface area contributed by atoms with E-state index in [1.165, 1.54) is 4.90 Å². The number of rotatable bonds is 2. The van der Waals surface area contributed by atoms with E-state index in [0.717, 1.165) is 18.7 Å². The van der Waals surface area contributed by atoms with Crippen LogP contribution in [0.15, 0.2) is 23.1 Å². The van der Waals surface area contributed by atoms with Gasteiger partial charge in [0.05, 0.1) is 0 Å². The molecule has 0 amide bonds. The molecule has 1 aromatic rings. The van der Waals surface area contributed by atoms with Crippen LogP contribution in [0.3, 0.4) is 0 Å². The Labute approximate surface area is 82.4 Å². The molecule has 2 nitrogen and oxygen atoms in total. The van der Waals surface area contributed by atoms with Gasteiger partial charge in [-0.15, -0.1) is 11.8 Å². The Morgan fingerprint density at radius 3 is 2.77 bits per heavy atom. The number of thioether (sulfide) groups is 1. The molecule has 0 atom stereocenters. The fourth-order valence-electron chi connectivity index (χ4n) is 1.50. The lowest BCUT2D eigenvalue weighted by molar-refractivity contribution is 0.412. The lowest BCUT2D eigenvalue weighted by Gasteiger charge is -2.28. The summed E-state index contributed by atoms with van der Waals surface area (Å²) in [5.74, 6) is 0.941. The number of hydrogen-bond acceptors (Lipinski definition) is 3. The van der Waals surface area contributed by atoms with Crippen LogP contribution in [0.4, 0.5) is 0 Å². The minimum absolute atomic E-state index is 0.435. The van der Waals surface area contributed by atoms with Crippen LogP contribution >= 0.6 is 11.8 Å². The number of nitrogens with one attached hydrogen (secondary N) is 1. The second-order valence-corrected chi connectivity index (χ2v) is 4.16. The van der Waals surface area contributed by atoms with Crippen molar-refractivity contribution in [2.75, 3.05) is 19.3 Å². The first-order valence-electron chi connectivity index (χ1n) is 4.39. The van der Waals surface area contributed by atoms with Crippen molar-refractivity contribution in [3.63, 3.8) is 0 Å². The smallest absolute Gasteiger partial charge is 0.119 e. The third kappa shape index (κ3) is 1.67. The third-order valence-corrected chi connectivity index (χ3v) is 3.18. The quantitative estimate of drug-likeness (QED) is 0.706. The van der Waals surface area contributed by atoms with Crippen LogP contribution in [0.5, 0.6) is 5.75 Å². The third-order valence-electron chi connectivity index (χ3n) is 2.46. The number of phenols is 1. The summed E-state index contributed by atoms with van der Waals surface area (Å²) in [5, 5.41) is 12.8. The minimum atomic E-state index is 0.435. The van der Waals surface area contributed by atoms with Crippen molar-refractivity contribution in [2.24, 2.45) is 0 Å². The first kappa shape index (κ1) is 8.91. The van der Waals surface area contributed by atoms with E-state index in [4.69, 9.17) is 0 Å². The molecule has 1 aromatic carbocycles.